The fraction of sp³-hybridized carbons (Fsp3) is 0.724. The van der Waals surface area contributed by atoms with Gasteiger partial charge in [-0.3, -0.25) is 19.2 Å². The Bertz CT molecular complexity index is 913. The van der Waals surface area contributed by atoms with Crippen LogP contribution in [0.3, 0.4) is 0 Å². The molecule has 3 amide bonds. The monoisotopic (exact) mass is 531 g/mol. The summed E-state index contributed by atoms with van der Waals surface area (Å²) in [5.74, 6) is -1.17. The molecule has 1 aliphatic heterocycles. The first-order valence-corrected chi connectivity index (χ1v) is 14.1. The molecular formula is C29H45N3O6. The van der Waals surface area contributed by atoms with Crippen LogP contribution >= 0.6 is 0 Å². The number of carbonyl (C=O) groups excluding carboxylic acids is 4. The Kier molecular flexibility index (Phi) is 10.7. The van der Waals surface area contributed by atoms with Crippen LogP contribution in [0.5, 0.6) is 0 Å². The second-order valence-electron chi connectivity index (χ2n) is 11.5. The first-order chi connectivity index (χ1) is 18.0. The van der Waals surface area contributed by atoms with Gasteiger partial charge in [-0.1, -0.05) is 50.0 Å². The molecule has 3 fully saturated rings. The average Bonchev–Trinajstić information content (AvgIpc) is 3.41. The highest BCUT2D eigenvalue weighted by atomic mass is 16.6. The Hall–Kier alpha value is -2.52. The second kappa shape index (κ2) is 13.5. The van der Waals surface area contributed by atoms with Gasteiger partial charge in [-0.05, 0) is 58.8 Å². The van der Waals surface area contributed by atoms with E-state index >= 15 is 0 Å². The fourth-order valence-corrected chi connectivity index (χ4v) is 5.51. The summed E-state index contributed by atoms with van der Waals surface area (Å²) in [6.07, 6.45) is 10.5. The van der Waals surface area contributed by atoms with Crippen LogP contribution in [0, 0.1) is 11.8 Å². The number of ketones is 1. The van der Waals surface area contributed by atoms with Crippen molar-refractivity contribution in [3.63, 3.8) is 0 Å². The molecule has 212 valence electrons. The minimum atomic E-state index is -0.956. The highest BCUT2D eigenvalue weighted by molar-refractivity contribution is 5.98. The van der Waals surface area contributed by atoms with E-state index in [0.717, 1.165) is 25.7 Å². The lowest BCUT2D eigenvalue weighted by molar-refractivity contribution is -0.135. The van der Waals surface area contributed by atoms with Crippen molar-refractivity contribution < 1.29 is 29.0 Å². The van der Waals surface area contributed by atoms with Gasteiger partial charge in [0.05, 0.1) is 18.8 Å². The predicted octanol–water partition coefficient (Wildman–Crippen LogP) is 2.47. The van der Waals surface area contributed by atoms with Crippen LogP contribution in [0.25, 0.3) is 0 Å². The zero-order valence-corrected chi connectivity index (χ0v) is 23.1. The van der Waals surface area contributed by atoms with E-state index in [-0.39, 0.29) is 30.1 Å². The molecule has 3 aliphatic rings. The predicted molar refractivity (Wildman–Crippen MR) is 144 cm³/mol. The lowest BCUT2D eigenvalue weighted by Crippen LogP contribution is -2.56. The van der Waals surface area contributed by atoms with Crippen molar-refractivity contribution in [3.05, 3.63) is 24.3 Å². The molecule has 0 aromatic rings. The number of ether oxygens (including phenoxy) is 1. The third-order valence-corrected chi connectivity index (χ3v) is 8.10. The molecule has 0 aromatic carbocycles. The second-order valence-corrected chi connectivity index (χ2v) is 11.5. The maximum absolute atomic E-state index is 13.5. The largest absolute Gasteiger partial charge is 0.393 e. The van der Waals surface area contributed by atoms with Crippen molar-refractivity contribution in [2.45, 2.75) is 115 Å². The highest BCUT2D eigenvalue weighted by Crippen LogP contribution is 2.33. The summed E-state index contributed by atoms with van der Waals surface area (Å²) in [5.41, 5.74) is -0.209. The smallest absolute Gasteiger partial charge is 0.243 e. The van der Waals surface area contributed by atoms with Crippen molar-refractivity contribution in [1.29, 1.82) is 0 Å². The molecule has 2 saturated carbocycles. The van der Waals surface area contributed by atoms with E-state index in [1.165, 1.54) is 0 Å². The van der Waals surface area contributed by atoms with Crippen LogP contribution in [0.2, 0.25) is 0 Å². The van der Waals surface area contributed by atoms with Gasteiger partial charge < -0.3 is 25.8 Å². The van der Waals surface area contributed by atoms with Gasteiger partial charge in [-0.2, -0.15) is 0 Å². The number of epoxide rings is 1. The van der Waals surface area contributed by atoms with E-state index in [0.29, 0.717) is 50.2 Å². The third kappa shape index (κ3) is 8.50. The molecule has 38 heavy (non-hydrogen) atoms. The summed E-state index contributed by atoms with van der Waals surface area (Å²) in [6, 6.07) is -2.50. The first-order valence-electron chi connectivity index (χ1n) is 14.1. The Balaban J connectivity index is 1.65. The lowest BCUT2D eigenvalue weighted by atomic mass is 9.87. The molecule has 3 rings (SSSR count). The molecule has 0 unspecified atom stereocenters. The zero-order chi connectivity index (χ0) is 27.9. The van der Waals surface area contributed by atoms with Crippen molar-refractivity contribution in [2.75, 3.05) is 6.61 Å². The van der Waals surface area contributed by atoms with Crippen molar-refractivity contribution in [2.24, 2.45) is 11.8 Å². The van der Waals surface area contributed by atoms with Gasteiger partial charge in [0.25, 0.3) is 0 Å². The van der Waals surface area contributed by atoms with E-state index in [4.69, 9.17) is 4.74 Å². The van der Waals surface area contributed by atoms with E-state index < -0.39 is 35.5 Å². The Morgan fingerprint density at radius 3 is 2.18 bits per heavy atom. The standard InChI is InChI=1S/C29H45N3O6/c1-5-8-18(2)15-24(32-26(35)19(3)30-27(36)21-11-13-22(33)14-12-21)28(37)31-23(16-20-9-6-7-10-20)25(34)29(4)17-38-29/h5,8,19-24,33H,2,6-7,9-17H2,1,3-4H3,(H,30,36)(H,31,37)(H,32,35)/b8-5-/t19-,21-,22-,23+,24+,29-/m1/s1. The van der Waals surface area contributed by atoms with Crippen molar-refractivity contribution >= 4 is 23.5 Å². The average molecular weight is 532 g/mol. The van der Waals surface area contributed by atoms with Crippen LogP contribution in [-0.2, 0) is 23.9 Å². The molecule has 9 heteroatoms. The number of nitrogens with one attached hydrogen (secondary N) is 3. The lowest BCUT2D eigenvalue weighted by Gasteiger charge is -2.28. The molecule has 4 N–H and O–H groups in total. The SMILES string of the molecule is C=C(/C=C\C)C[C@H](NC(=O)[C@@H](C)NC(=O)[C@H]1CC[C@H](O)CC1)C(=O)N[C@@H](CC1CCCC1)C(=O)[C@@]1(C)CO1. The number of carbonyl (C=O) groups is 4. The van der Waals surface area contributed by atoms with Gasteiger partial charge in [0.1, 0.15) is 17.7 Å². The number of allylic oxidation sites excluding steroid dienone is 2. The van der Waals surface area contributed by atoms with Crippen LogP contribution in [0.1, 0.15) is 85.0 Å². The molecule has 0 bridgehead atoms. The Morgan fingerprint density at radius 2 is 1.61 bits per heavy atom. The fourth-order valence-electron chi connectivity index (χ4n) is 5.51. The van der Waals surface area contributed by atoms with Crippen molar-refractivity contribution in [1.82, 2.24) is 16.0 Å². The molecule has 9 nitrogen and oxygen atoms in total. The number of amides is 3. The number of hydrogen-bond acceptors (Lipinski definition) is 6. The van der Waals surface area contributed by atoms with Gasteiger partial charge in [-0.25, -0.2) is 0 Å². The third-order valence-electron chi connectivity index (χ3n) is 8.10. The van der Waals surface area contributed by atoms with Gasteiger partial charge >= 0.3 is 0 Å². The Morgan fingerprint density at radius 1 is 1.00 bits per heavy atom. The minimum absolute atomic E-state index is 0.131. The normalized spacial score (nSPS) is 27.8. The van der Waals surface area contributed by atoms with E-state index in [9.17, 15) is 24.3 Å². The quantitative estimate of drug-likeness (QED) is 0.213. The molecule has 0 spiro atoms. The molecule has 4 atom stereocenters. The van der Waals surface area contributed by atoms with Crippen LogP contribution in [0.15, 0.2) is 24.3 Å². The summed E-state index contributed by atoms with van der Waals surface area (Å²) in [5, 5.41) is 18.1. The van der Waals surface area contributed by atoms with E-state index in [1.54, 1.807) is 26.0 Å². The summed E-state index contributed by atoms with van der Waals surface area (Å²) in [4.78, 5) is 52.4. The summed E-state index contributed by atoms with van der Waals surface area (Å²) >= 11 is 0. The molecule has 1 saturated heterocycles. The molecule has 0 radical (unpaired) electrons. The maximum atomic E-state index is 13.5. The molecule has 2 aliphatic carbocycles. The van der Waals surface area contributed by atoms with Crippen LogP contribution < -0.4 is 16.0 Å². The first kappa shape index (κ1) is 30.0. The molecule has 1 heterocycles. The van der Waals surface area contributed by atoms with Gasteiger partial charge in [0.15, 0.2) is 5.78 Å². The molecular weight excluding hydrogens is 486 g/mol. The Labute approximate surface area is 226 Å². The summed E-state index contributed by atoms with van der Waals surface area (Å²) in [7, 11) is 0. The number of aliphatic hydroxyl groups excluding tert-OH is 1. The number of Topliss-reactive ketones (excluding diaryl/α,β-unsaturated/α-hetero) is 1. The van der Waals surface area contributed by atoms with Gasteiger partial charge in [0, 0.05) is 12.3 Å². The number of aliphatic hydroxyl groups is 1. The van der Waals surface area contributed by atoms with E-state index in [2.05, 4.69) is 22.5 Å². The van der Waals surface area contributed by atoms with Gasteiger partial charge in [-0.15, -0.1) is 0 Å². The molecule has 0 aromatic heterocycles. The van der Waals surface area contributed by atoms with Gasteiger partial charge in [0.2, 0.25) is 17.7 Å². The summed E-state index contributed by atoms with van der Waals surface area (Å²) < 4.78 is 5.38. The zero-order valence-electron chi connectivity index (χ0n) is 23.1. The van der Waals surface area contributed by atoms with E-state index in [1.807, 2.05) is 6.92 Å². The maximum Gasteiger partial charge on any atom is 0.243 e. The number of hydrogen-bond donors (Lipinski definition) is 4. The minimum Gasteiger partial charge on any atom is -0.393 e. The summed E-state index contributed by atoms with van der Waals surface area (Å²) in [6.45, 7) is 9.50. The van der Waals surface area contributed by atoms with Crippen molar-refractivity contribution in [3.8, 4) is 0 Å². The topological polar surface area (TPSA) is 137 Å². The highest BCUT2D eigenvalue weighted by Gasteiger charge is 2.50. The van der Waals surface area contributed by atoms with Crippen LogP contribution in [-0.4, -0.2) is 65.0 Å². The number of rotatable bonds is 13. The van der Waals surface area contributed by atoms with Crippen LogP contribution in [0.4, 0.5) is 0 Å².